The van der Waals surface area contributed by atoms with Gasteiger partial charge < -0.3 is 23.8 Å². The second-order valence-corrected chi connectivity index (χ2v) is 23.4. The predicted octanol–water partition coefficient (Wildman–Crippen LogP) is 8.51. The fraction of sp³-hybridized carbons (Fsp3) is 0.596. The number of allylic oxidation sites excluding steroid dienone is 2. The Balaban J connectivity index is 1.06. The molecule has 3 aromatic rings. The van der Waals surface area contributed by atoms with Crippen LogP contribution in [-0.2, 0) is 33.9 Å². The molecule has 10 atom stereocenters. The predicted molar refractivity (Wildman–Crippen MR) is 249 cm³/mol. The van der Waals surface area contributed by atoms with Gasteiger partial charge in [0.15, 0.2) is 17.3 Å². The van der Waals surface area contributed by atoms with Crippen molar-refractivity contribution >= 4 is 44.4 Å². The summed E-state index contributed by atoms with van der Waals surface area (Å²) in [6.07, 6.45) is 8.63. The summed E-state index contributed by atoms with van der Waals surface area (Å²) < 4.78 is 67.5. The van der Waals surface area contributed by atoms with E-state index in [4.69, 9.17) is 23.9 Å². The van der Waals surface area contributed by atoms with Crippen molar-refractivity contribution in [3.05, 3.63) is 60.4 Å². The van der Waals surface area contributed by atoms with Crippen molar-refractivity contribution in [1.29, 1.82) is 0 Å². The topological polar surface area (TPSA) is 167 Å². The Morgan fingerprint density at radius 1 is 0.985 bits per heavy atom. The second-order valence-electron chi connectivity index (χ2n) is 21.2. The molecule has 1 N–H and O–H groups in total. The van der Waals surface area contributed by atoms with E-state index in [1.54, 1.807) is 13.0 Å². The molecular weight excluding hydrogens is 878 g/mol. The summed E-state index contributed by atoms with van der Waals surface area (Å²) in [5.74, 6) is -1.85. The van der Waals surface area contributed by atoms with Gasteiger partial charge in [0.2, 0.25) is 27.7 Å². The van der Waals surface area contributed by atoms with Gasteiger partial charge in [0.1, 0.15) is 18.0 Å². The maximum atomic E-state index is 15.5. The van der Waals surface area contributed by atoms with Crippen LogP contribution in [0.25, 0.3) is 22.0 Å². The van der Waals surface area contributed by atoms with Crippen molar-refractivity contribution in [1.82, 2.24) is 14.6 Å². The zero-order valence-corrected chi connectivity index (χ0v) is 40.2. The summed E-state index contributed by atoms with van der Waals surface area (Å²) in [7, 11) is -2.62. The van der Waals surface area contributed by atoms with E-state index in [0.29, 0.717) is 59.7 Å². The van der Waals surface area contributed by atoms with Crippen molar-refractivity contribution in [2.24, 2.45) is 40.9 Å². The number of amides is 2. The molecule has 1 unspecified atom stereocenters. The number of aromatic nitrogens is 1. The van der Waals surface area contributed by atoms with Crippen LogP contribution >= 0.6 is 0 Å². The molecule has 0 spiro atoms. The third-order valence-corrected chi connectivity index (χ3v) is 17.7. The lowest BCUT2D eigenvalue weighted by Gasteiger charge is -2.32. The molecular formula is C52H64FN3O10S. The van der Waals surface area contributed by atoms with Crippen LogP contribution in [0, 0.1) is 46.7 Å². The molecule has 2 aromatic carbocycles. The molecule has 3 heterocycles. The Labute approximate surface area is 393 Å². The maximum absolute atomic E-state index is 15.5. The number of carbonyl (C=O) groups excluding carboxylic acids is 4. The largest absolute Gasteiger partial charge is 0.494 e. The highest BCUT2D eigenvalue weighted by Gasteiger charge is 2.63. The molecule has 4 aliphatic carbocycles. The van der Waals surface area contributed by atoms with Crippen molar-refractivity contribution in [3.63, 3.8) is 0 Å². The number of fused-ring (bicyclic) bond motifs is 4. The van der Waals surface area contributed by atoms with E-state index in [9.17, 15) is 18.0 Å². The Bertz CT molecular complexity index is 2570. The van der Waals surface area contributed by atoms with Gasteiger partial charge in [-0.3, -0.25) is 23.9 Å². The minimum absolute atomic E-state index is 0.0131. The monoisotopic (exact) mass is 941 g/mol. The number of ether oxygens (including phenoxy) is 4. The summed E-state index contributed by atoms with van der Waals surface area (Å²) in [5, 5.41) is 0.933. The van der Waals surface area contributed by atoms with Gasteiger partial charge >= 0.3 is 5.97 Å². The van der Waals surface area contributed by atoms with Gasteiger partial charge in [0, 0.05) is 23.8 Å². The number of ketones is 1. The fourth-order valence-electron chi connectivity index (χ4n) is 11.0. The summed E-state index contributed by atoms with van der Waals surface area (Å²) in [6, 6.07) is 11.0. The second kappa shape index (κ2) is 18.1. The number of hydrogen-bond donors (Lipinski definition) is 1. The van der Waals surface area contributed by atoms with Gasteiger partial charge in [-0.15, -0.1) is 0 Å². The molecule has 6 aliphatic rings. The minimum atomic E-state index is -4.01. The van der Waals surface area contributed by atoms with Crippen molar-refractivity contribution in [3.8, 4) is 28.6 Å². The van der Waals surface area contributed by atoms with Crippen LogP contribution in [0.15, 0.2) is 54.6 Å². The molecule has 0 radical (unpaired) electrons. The number of methoxy groups -OCH3 is 1. The smallest absolute Gasteiger partial charge is 0.306 e. The molecule has 2 amide bonds. The number of Topliss-reactive ketones (excluding diaryl/α,β-unsaturated/α-hetero) is 1. The minimum Gasteiger partial charge on any atom is -0.494 e. The SMILES string of the molecule is COc1cc2cc(-c3ccc(OC(C)C)cc3)nc(O[C@@H]3C[C@H]4C(=O)C[C@]5(C(=O)NS(=O)(=O)C6(C)CC6)C[C@H]5/C=C\CC[C@@H](C)C[C@@H](C)[C@H](CC(=O)OC5C[C@@H]6C[C@@H]6C5)C(=O)N4C3)c2cc1F. The average Bonchev–Trinajstić information content (AvgIpc) is 4.23. The normalized spacial score (nSPS) is 31.7. The van der Waals surface area contributed by atoms with E-state index in [1.165, 1.54) is 24.5 Å². The van der Waals surface area contributed by atoms with E-state index < -0.39 is 61.7 Å². The molecule has 9 rings (SSSR count). The zero-order chi connectivity index (χ0) is 47.6. The molecule has 4 saturated carbocycles. The number of esters is 1. The lowest BCUT2D eigenvalue weighted by Crippen LogP contribution is -2.48. The summed E-state index contributed by atoms with van der Waals surface area (Å²) in [5.41, 5.74) is -0.0796. The first kappa shape index (κ1) is 47.0. The molecule has 1 saturated heterocycles. The Kier molecular flexibility index (Phi) is 12.7. The van der Waals surface area contributed by atoms with Crippen LogP contribution in [-0.4, -0.2) is 84.6 Å². The van der Waals surface area contributed by atoms with Crippen LogP contribution in [0.2, 0.25) is 0 Å². The van der Waals surface area contributed by atoms with E-state index >= 15 is 14.0 Å². The van der Waals surface area contributed by atoms with Crippen LogP contribution in [0.3, 0.4) is 0 Å². The first-order valence-electron chi connectivity index (χ1n) is 24.2. The molecule has 13 nitrogen and oxygen atoms in total. The molecule has 67 heavy (non-hydrogen) atoms. The quantitative estimate of drug-likeness (QED) is 0.137. The van der Waals surface area contributed by atoms with Gasteiger partial charge in [0.05, 0.1) is 54.0 Å². The number of carbonyl (C=O) groups is 4. The highest BCUT2D eigenvalue weighted by atomic mass is 32.2. The summed E-state index contributed by atoms with van der Waals surface area (Å²) in [4.78, 5) is 64.7. The van der Waals surface area contributed by atoms with Gasteiger partial charge in [-0.05, 0) is 156 Å². The van der Waals surface area contributed by atoms with E-state index in [1.807, 2.05) is 63.3 Å². The number of pyridine rings is 1. The van der Waals surface area contributed by atoms with Gasteiger partial charge in [0.25, 0.3) is 0 Å². The van der Waals surface area contributed by atoms with Crippen molar-refractivity contribution < 1.29 is 50.9 Å². The average molecular weight is 942 g/mol. The molecule has 0 bridgehead atoms. The molecule has 1 aromatic heterocycles. The molecule has 2 aliphatic heterocycles. The van der Waals surface area contributed by atoms with Crippen LogP contribution in [0.1, 0.15) is 112 Å². The van der Waals surface area contributed by atoms with E-state index in [2.05, 4.69) is 11.6 Å². The number of nitrogens with zero attached hydrogens (tertiary/aromatic N) is 2. The van der Waals surface area contributed by atoms with Gasteiger partial charge in [-0.2, -0.15) is 0 Å². The zero-order valence-electron chi connectivity index (χ0n) is 39.4. The summed E-state index contributed by atoms with van der Waals surface area (Å²) >= 11 is 0. The molecule has 5 fully saturated rings. The standard InChI is InChI=1S/C52H64FN3O10S/c1-29(2)64-37-13-11-32(12-14-37)43-21-35-22-46(63-6)42(53)24-41(35)48(54-43)66-39-23-44-45(57)27-52(50(60)55-67(61,62)51(5)15-16-51)26-36(52)10-8-7-9-30(3)17-31(4)40(49(59)56(44)28-39)25-47(58)65-38-19-33-18-34(33)20-38/h8,10-14,21-22,24,29-31,33-34,36,38-40,44H,7,9,15-20,23,25-28H2,1-6H3,(H,55,60)/b10-8-/t30-,31-,33-,34+,36-,38?,39-,40+,44+,52-/m1/s1. The number of nitrogens with one attached hydrogen (secondary N) is 1. The number of halogens is 1. The van der Waals surface area contributed by atoms with E-state index in [-0.39, 0.29) is 79.7 Å². The number of rotatable bonds is 12. The summed E-state index contributed by atoms with van der Waals surface area (Å²) in [6.45, 7) is 9.53. The lowest BCUT2D eigenvalue weighted by atomic mass is 9.82. The van der Waals surface area contributed by atoms with Gasteiger partial charge in [-0.1, -0.05) is 26.0 Å². The Morgan fingerprint density at radius 3 is 2.40 bits per heavy atom. The number of sulfonamides is 1. The first-order chi connectivity index (χ1) is 31.8. The van der Waals surface area contributed by atoms with Crippen LogP contribution < -0.4 is 18.9 Å². The van der Waals surface area contributed by atoms with Crippen molar-refractivity contribution in [2.45, 2.75) is 141 Å². The lowest BCUT2D eigenvalue weighted by molar-refractivity contribution is -0.155. The Morgan fingerprint density at radius 2 is 1.72 bits per heavy atom. The molecule has 360 valence electrons. The van der Waals surface area contributed by atoms with E-state index in [0.717, 1.165) is 24.8 Å². The maximum Gasteiger partial charge on any atom is 0.306 e. The van der Waals surface area contributed by atoms with Crippen LogP contribution in [0.4, 0.5) is 4.39 Å². The third kappa shape index (κ3) is 9.81. The first-order valence-corrected chi connectivity index (χ1v) is 25.7. The van der Waals surface area contributed by atoms with Gasteiger partial charge in [-0.25, -0.2) is 17.8 Å². The number of hydrogen-bond acceptors (Lipinski definition) is 11. The number of benzene rings is 2. The van der Waals surface area contributed by atoms with Crippen molar-refractivity contribution in [2.75, 3.05) is 13.7 Å². The Hall–Kier alpha value is -5.05. The third-order valence-electron chi connectivity index (χ3n) is 15.5. The highest BCUT2D eigenvalue weighted by molar-refractivity contribution is 7.91. The fourth-order valence-corrected chi connectivity index (χ4v) is 12.3. The van der Waals surface area contributed by atoms with Crippen LogP contribution in [0.5, 0.6) is 17.4 Å². The highest BCUT2D eigenvalue weighted by Crippen LogP contribution is 2.58. The molecule has 15 heteroatoms.